The Bertz CT molecular complexity index is 816. The fourth-order valence-corrected chi connectivity index (χ4v) is 3.14. The van der Waals surface area contributed by atoms with E-state index in [0.29, 0.717) is 30.9 Å². The third kappa shape index (κ3) is 3.86. The molecule has 3 heterocycles. The monoisotopic (exact) mass is 359 g/mol. The van der Waals surface area contributed by atoms with Gasteiger partial charge in [0.2, 0.25) is 5.91 Å². The SMILES string of the molecule is Cc1cccc2nc(C(=O)N[C@@H]3CCN(CC(=O)N(C)C)C[C@H]3O)cn12. The number of imidazole rings is 1. The Morgan fingerprint density at radius 3 is 2.81 bits per heavy atom. The number of hydrogen-bond donors (Lipinski definition) is 2. The van der Waals surface area contributed by atoms with Crippen LogP contribution in [0.25, 0.3) is 5.65 Å². The normalized spacial score (nSPS) is 20.9. The molecule has 0 spiro atoms. The largest absolute Gasteiger partial charge is 0.390 e. The molecule has 26 heavy (non-hydrogen) atoms. The smallest absolute Gasteiger partial charge is 0.271 e. The zero-order valence-corrected chi connectivity index (χ0v) is 15.3. The highest BCUT2D eigenvalue weighted by molar-refractivity contribution is 5.93. The van der Waals surface area contributed by atoms with Gasteiger partial charge >= 0.3 is 0 Å². The lowest BCUT2D eigenvalue weighted by Crippen LogP contribution is -2.55. The zero-order chi connectivity index (χ0) is 18.8. The Morgan fingerprint density at radius 2 is 2.15 bits per heavy atom. The van der Waals surface area contributed by atoms with Crippen LogP contribution >= 0.6 is 0 Å². The number of aromatic nitrogens is 2. The third-order valence-electron chi connectivity index (χ3n) is 4.77. The van der Waals surface area contributed by atoms with Gasteiger partial charge in [0, 0.05) is 39.1 Å². The number of amides is 2. The van der Waals surface area contributed by atoms with E-state index in [4.69, 9.17) is 0 Å². The minimum Gasteiger partial charge on any atom is -0.390 e. The molecule has 1 fully saturated rings. The summed E-state index contributed by atoms with van der Waals surface area (Å²) in [6.45, 7) is 3.22. The fourth-order valence-electron chi connectivity index (χ4n) is 3.14. The van der Waals surface area contributed by atoms with Crippen molar-refractivity contribution in [2.45, 2.75) is 25.5 Å². The third-order valence-corrected chi connectivity index (χ3v) is 4.77. The molecule has 0 unspecified atom stereocenters. The summed E-state index contributed by atoms with van der Waals surface area (Å²) in [5.41, 5.74) is 2.04. The molecule has 2 N–H and O–H groups in total. The van der Waals surface area contributed by atoms with E-state index in [1.54, 1.807) is 20.3 Å². The first-order chi connectivity index (χ1) is 12.3. The predicted molar refractivity (Wildman–Crippen MR) is 96.9 cm³/mol. The lowest BCUT2D eigenvalue weighted by atomic mass is 10.0. The standard InChI is InChI=1S/C18H25N5O3/c1-12-5-4-6-16-19-14(9-23(12)16)18(26)20-13-7-8-22(10-15(13)24)11-17(25)21(2)3/h4-6,9,13,15,24H,7-8,10-11H2,1-3H3,(H,20,26)/t13-,15-/m1/s1. The van der Waals surface area contributed by atoms with Crippen molar-refractivity contribution in [3.63, 3.8) is 0 Å². The molecule has 0 bridgehead atoms. The van der Waals surface area contributed by atoms with Gasteiger partial charge < -0.3 is 19.7 Å². The van der Waals surface area contributed by atoms with Gasteiger partial charge in [0.15, 0.2) is 0 Å². The Morgan fingerprint density at radius 1 is 1.38 bits per heavy atom. The van der Waals surface area contributed by atoms with Crippen LogP contribution in [0.3, 0.4) is 0 Å². The molecule has 0 aliphatic carbocycles. The maximum atomic E-state index is 12.5. The molecule has 0 radical (unpaired) electrons. The van der Waals surface area contributed by atoms with Crippen molar-refractivity contribution < 1.29 is 14.7 Å². The Labute approximate surface area is 152 Å². The van der Waals surface area contributed by atoms with E-state index in [9.17, 15) is 14.7 Å². The summed E-state index contributed by atoms with van der Waals surface area (Å²) in [6.07, 6.45) is 1.57. The number of aryl methyl sites for hydroxylation is 1. The van der Waals surface area contributed by atoms with Gasteiger partial charge in [0.1, 0.15) is 11.3 Å². The van der Waals surface area contributed by atoms with E-state index in [1.807, 2.05) is 34.4 Å². The van der Waals surface area contributed by atoms with Crippen molar-refractivity contribution in [1.82, 2.24) is 24.5 Å². The Hall–Kier alpha value is -2.45. The van der Waals surface area contributed by atoms with Crippen molar-refractivity contribution >= 4 is 17.5 Å². The van der Waals surface area contributed by atoms with Gasteiger partial charge in [0.25, 0.3) is 5.91 Å². The summed E-state index contributed by atoms with van der Waals surface area (Å²) in [7, 11) is 3.42. The molecule has 0 aromatic carbocycles. The molecule has 8 nitrogen and oxygen atoms in total. The molecule has 2 aromatic heterocycles. The van der Waals surface area contributed by atoms with Crippen LogP contribution in [0, 0.1) is 6.92 Å². The number of likely N-dealkylation sites (tertiary alicyclic amines) is 1. The number of aliphatic hydroxyl groups is 1. The highest BCUT2D eigenvalue weighted by Crippen LogP contribution is 2.13. The van der Waals surface area contributed by atoms with Crippen LogP contribution in [0.5, 0.6) is 0 Å². The summed E-state index contributed by atoms with van der Waals surface area (Å²) >= 11 is 0. The number of fused-ring (bicyclic) bond motifs is 1. The van der Waals surface area contributed by atoms with Gasteiger partial charge in [-0.25, -0.2) is 4.98 Å². The minimum absolute atomic E-state index is 0.000226. The second-order valence-corrected chi connectivity index (χ2v) is 6.98. The number of piperidine rings is 1. The lowest BCUT2D eigenvalue weighted by Gasteiger charge is -2.36. The average molecular weight is 359 g/mol. The van der Waals surface area contributed by atoms with Crippen LogP contribution < -0.4 is 5.32 Å². The number of rotatable bonds is 4. The maximum Gasteiger partial charge on any atom is 0.271 e. The number of nitrogens with one attached hydrogen (secondary N) is 1. The van der Waals surface area contributed by atoms with Gasteiger partial charge in [-0.05, 0) is 25.5 Å². The molecule has 140 valence electrons. The van der Waals surface area contributed by atoms with Gasteiger partial charge in [-0.15, -0.1) is 0 Å². The molecular formula is C18H25N5O3. The summed E-state index contributed by atoms with van der Waals surface area (Å²) in [5, 5.41) is 13.2. The first-order valence-electron chi connectivity index (χ1n) is 8.71. The molecule has 1 aliphatic heterocycles. The first-order valence-corrected chi connectivity index (χ1v) is 8.71. The number of carbonyl (C=O) groups is 2. The maximum absolute atomic E-state index is 12.5. The molecule has 3 rings (SSSR count). The van der Waals surface area contributed by atoms with Crippen molar-refractivity contribution in [3.8, 4) is 0 Å². The Kier molecular flexibility index (Phi) is 5.24. The lowest BCUT2D eigenvalue weighted by molar-refractivity contribution is -0.130. The van der Waals surface area contributed by atoms with E-state index in [-0.39, 0.29) is 24.4 Å². The van der Waals surface area contributed by atoms with Crippen LogP contribution in [0.15, 0.2) is 24.4 Å². The number of hydrogen-bond acceptors (Lipinski definition) is 5. The van der Waals surface area contributed by atoms with Crippen LogP contribution in [-0.2, 0) is 4.79 Å². The van der Waals surface area contributed by atoms with Gasteiger partial charge in [-0.1, -0.05) is 6.07 Å². The van der Waals surface area contributed by atoms with Crippen molar-refractivity contribution in [2.75, 3.05) is 33.7 Å². The van der Waals surface area contributed by atoms with Crippen molar-refractivity contribution in [2.24, 2.45) is 0 Å². The zero-order valence-electron chi connectivity index (χ0n) is 15.3. The Balaban J connectivity index is 1.61. The molecule has 1 aliphatic rings. The molecule has 8 heteroatoms. The number of carbonyl (C=O) groups excluding carboxylic acids is 2. The van der Waals surface area contributed by atoms with Crippen LogP contribution in [0.4, 0.5) is 0 Å². The highest BCUT2D eigenvalue weighted by atomic mass is 16.3. The van der Waals surface area contributed by atoms with E-state index >= 15 is 0 Å². The van der Waals surface area contributed by atoms with E-state index in [0.717, 1.165) is 5.69 Å². The highest BCUT2D eigenvalue weighted by Gasteiger charge is 2.30. The van der Waals surface area contributed by atoms with E-state index in [1.165, 1.54) is 4.90 Å². The molecular weight excluding hydrogens is 334 g/mol. The van der Waals surface area contributed by atoms with Gasteiger partial charge in [0.05, 0.1) is 18.7 Å². The average Bonchev–Trinajstić information content (AvgIpc) is 3.03. The van der Waals surface area contributed by atoms with Crippen molar-refractivity contribution in [3.05, 3.63) is 35.8 Å². The molecule has 2 atom stereocenters. The summed E-state index contributed by atoms with van der Waals surface area (Å²) in [5.74, 6) is -0.297. The molecule has 2 amide bonds. The van der Waals surface area contributed by atoms with Crippen molar-refractivity contribution in [1.29, 1.82) is 0 Å². The van der Waals surface area contributed by atoms with Crippen LogP contribution in [0.2, 0.25) is 0 Å². The molecule has 0 saturated carbocycles. The molecule has 1 saturated heterocycles. The van der Waals surface area contributed by atoms with E-state index < -0.39 is 6.10 Å². The predicted octanol–water partition coefficient (Wildman–Crippen LogP) is -0.104. The number of pyridine rings is 1. The van der Waals surface area contributed by atoms with E-state index in [2.05, 4.69) is 10.3 Å². The van der Waals surface area contributed by atoms with Gasteiger partial charge in [-0.2, -0.15) is 0 Å². The number of aliphatic hydroxyl groups excluding tert-OH is 1. The number of likely N-dealkylation sites (N-methyl/N-ethyl adjacent to an activating group) is 1. The van der Waals surface area contributed by atoms with Crippen LogP contribution in [0.1, 0.15) is 22.6 Å². The molecule has 2 aromatic rings. The quantitative estimate of drug-likeness (QED) is 0.795. The van der Waals surface area contributed by atoms with Gasteiger partial charge in [-0.3, -0.25) is 14.5 Å². The fraction of sp³-hybridized carbons (Fsp3) is 0.500. The minimum atomic E-state index is -0.721. The number of nitrogens with zero attached hydrogens (tertiary/aromatic N) is 4. The summed E-state index contributed by atoms with van der Waals surface area (Å²) in [4.78, 5) is 32.1. The van der Waals surface area contributed by atoms with Crippen LogP contribution in [-0.4, -0.2) is 82.0 Å². The summed E-state index contributed by atoms with van der Waals surface area (Å²) in [6, 6.07) is 5.34. The second-order valence-electron chi connectivity index (χ2n) is 6.98. The second kappa shape index (κ2) is 7.43. The topological polar surface area (TPSA) is 90.2 Å². The number of β-amino-alcohol motifs (C(OH)–C–C–N with tert-alkyl or cyclic N) is 1. The summed E-state index contributed by atoms with van der Waals surface area (Å²) < 4.78 is 1.86. The first kappa shape index (κ1) is 18.3.